The molecule has 8 nitrogen and oxygen atoms in total. The number of nitrogens with zero attached hydrogens (tertiary/aromatic N) is 5. The summed E-state index contributed by atoms with van der Waals surface area (Å²) >= 11 is 0. The minimum atomic E-state index is -0.451. The summed E-state index contributed by atoms with van der Waals surface area (Å²) in [6.07, 6.45) is 3.38. The number of fused-ring (bicyclic) bond motifs is 1. The van der Waals surface area contributed by atoms with Crippen LogP contribution in [0.4, 0.5) is 11.5 Å². The number of benzene rings is 1. The van der Waals surface area contributed by atoms with Crippen LogP contribution in [0.15, 0.2) is 42.6 Å². The molecule has 3 heterocycles. The number of aromatic nitrogens is 2. The van der Waals surface area contributed by atoms with Crippen molar-refractivity contribution in [2.45, 2.75) is 33.2 Å². The number of anilines is 1. The van der Waals surface area contributed by atoms with Crippen molar-refractivity contribution < 1.29 is 9.72 Å². The van der Waals surface area contributed by atoms with Gasteiger partial charge >= 0.3 is 0 Å². The summed E-state index contributed by atoms with van der Waals surface area (Å²) < 4.78 is 2.18. The summed E-state index contributed by atoms with van der Waals surface area (Å²) in [5.41, 5.74) is 2.92. The molecule has 4 rings (SSSR count). The van der Waals surface area contributed by atoms with Crippen molar-refractivity contribution in [3.8, 4) is 0 Å². The van der Waals surface area contributed by atoms with E-state index in [0.717, 1.165) is 41.5 Å². The standard InChI is InChI=1S/C23H27N5O3/c1-3-4-11-27-20-8-6-5-7-19(20)17(2)22(27)23(29)26-14-12-25(13-15-26)21-10-9-18(16-24-21)28(30)31/h5-10,16H,3-4,11-15H2,1-2H3. The molecule has 0 spiro atoms. The van der Waals surface area contributed by atoms with Gasteiger partial charge in [-0.1, -0.05) is 31.5 Å². The van der Waals surface area contributed by atoms with Crippen LogP contribution >= 0.6 is 0 Å². The number of piperazine rings is 1. The zero-order valence-electron chi connectivity index (χ0n) is 18.0. The average Bonchev–Trinajstić information content (AvgIpc) is 3.09. The highest BCUT2D eigenvalue weighted by Gasteiger charge is 2.28. The molecule has 1 saturated heterocycles. The van der Waals surface area contributed by atoms with Gasteiger partial charge in [0.05, 0.1) is 4.92 Å². The second kappa shape index (κ2) is 8.75. The molecular formula is C23H27N5O3. The second-order valence-electron chi connectivity index (χ2n) is 7.91. The van der Waals surface area contributed by atoms with E-state index in [0.29, 0.717) is 32.0 Å². The van der Waals surface area contributed by atoms with Crippen molar-refractivity contribution in [2.24, 2.45) is 0 Å². The van der Waals surface area contributed by atoms with Crippen LogP contribution in [0.2, 0.25) is 0 Å². The largest absolute Gasteiger partial charge is 0.353 e. The predicted molar refractivity (Wildman–Crippen MR) is 121 cm³/mol. The van der Waals surface area contributed by atoms with Crippen LogP contribution in [0.5, 0.6) is 0 Å². The van der Waals surface area contributed by atoms with Gasteiger partial charge in [-0.15, -0.1) is 0 Å². The fourth-order valence-corrected chi connectivity index (χ4v) is 4.26. The van der Waals surface area contributed by atoms with E-state index in [1.165, 1.54) is 12.3 Å². The minimum absolute atomic E-state index is 0.0204. The molecule has 0 radical (unpaired) electrons. The minimum Gasteiger partial charge on any atom is -0.353 e. The Kier molecular flexibility index (Phi) is 5.88. The Morgan fingerprint density at radius 1 is 1.13 bits per heavy atom. The maximum Gasteiger partial charge on any atom is 0.287 e. The first-order valence-corrected chi connectivity index (χ1v) is 10.7. The van der Waals surface area contributed by atoms with Crippen molar-refractivity contribution in [3.63, 3.8) is 0 Å². The number of unbranched alkanes of at least 4 members (excludes halogenated alkanes) is 1. The highest BCUT2D eigenvalue weighted by atomic mass is 16.6. The van der Waals surface area contributed by atoms with Gasteiger partial charge in [-0.2, -0.15) is 0 Å². The number of hydrogen-bond donors (Lipinski definition) is 0. The number of hydrogen-bond acceptors (Lipinski definition) is 5. The first-order chi connectivity index (χ1) is 15.0. The van der Waals surface area contributed by atoms with E-state index in [1.807, 2.05) is 24.0 Å². The molecule has 1 aliphatic rings. The molecule has 2 aromatic heterocycles. The third-order valence-corrected chi connectivity index (χ3v) is 6.00. The van der Waals surface area contributed by atoms with Gasteiger partial charge in [-0.3, -0.25) is 14.9 Å². The molecule has 0 atom stereocenters. The van der Waals surface area contributed by atoms with Crippen LogP contribution in [-0.2, 0) is 6.54 Å². The monoisotopic (exact) mass is 421 g/mol. The van der Waals surface area contributed by atoms with Gasteiger partial charge in [0.15, 0.2) is 0 Å². The van der Waals surface area contributed by atoms with Gasteiger partial charge in [0.1, 0.15) is 17.7 Å². The number of para-hydroxylation sites is 1. The van der Waals surface area contributed by atoms with Crippen molar-refractivity contribution in [3.05, 3.63) is 64.0 Å². The smallest absolute Gasteiger partial charge is 0.287 e. The van der Waals surface area contributed by atoms with Gasteiger partial charge in [0.25, 0.3) is 11.6 Å². The third kappa shape index (κ3) is 3.97. The SMILES string of the molecule is CCCCn1c(C(=O)N2CCN(c3ccc([N+](=O)[O-])cn3)CC2)c(C)c2ccccc21. The summed E-state index contributed by atoms with van der Waals surface area (Å²) in [5, 5.41) is 12.0. The lowest BCUT2D eigenvalue weighted by atomic mass is 10.1. The summed E-state index contributed by atoms with van der Waals surface area (Å²) in [6.45, 7) is 7.49. The Hall–Kier alpha value is -3.42. The van der Waals surface area contributed by atoms with Crippen molar-refractivity contribution in [2.75, 3.05) is 31.1 Å². The van der Waals surface area contributed by atoms with E-state index in [1.54, 1.807) is 6.07 Å². The van der Waals surface area contributed by atoms with Gasteiger partial charge in [0.2, 0.25) is 0 Å². The van der Waals surface area contributed by atoms with E-state index in [9.17, 15) is 14.9 Å². The molecule has 8 heteroatoms. The highest BCUT2D eigenvalue weighted by Crippen LogP contribution is 2.28. The Morgan fingerprint density at radius 2 is 1.87 bits per heavy atom. The van der Waals surface area contributed by atoms with E-state index >= 15 is 0 Å². The Morgan fingerprint density at radius 3 is 2.52 bits per heavy atom. The second-order valence-corrected chi connectivity index (χ2v) is 7.91. The Balaban J connectivity index is 1.53. The molecule has 0 aliphatic carbocycles. The summed E-state index contributed by atoms with van der Waals surface area (Å²) in [7, 11) is 0. The van der Waals surface area contributed by atoms with Crippen LogP contribution in [-0.4, -0.2) is 51.5 Å². The normalized spacial score (nSPS) is 14.3. The molecule has 1 aliphatic heterocycles. The number of nitro groups is 1. The fourth-order valence-electron chi connectivity index (χ4n) is 4.26. The summed E-state index contributed by atoms with van der Waals surface area (Å²) in [5.74, 6) is 0.770. The zero-order valence-corrected chi connectivity index (χ0v) is 18.0. The lowest BCUT2D eigenvalue weighted by molar-refractivity contribution is -0.385. The molecule has 1 amide bonds. The molecule has 3 aromatic rings. The highest BCUT2D eigenvalue weighted by molar-refractivity contribution is 6.01. The average molecular weight is 422 g/mol. The summed E-state index contributed by atoms with van der Waals surface area (Å²) in [6, 6.07) is 11.4. The lowest BCUT2D eigenvalue weighted by Crippen LogP contribution is -2.49. The van der Waals surface area contributed by atoms with Crippen molar-refractivity contribution in [1.82, 2.24) is 14.5 Å². The quantitative estimate of drug-likeness (QED) is 0.443. The molecule has 1 fully saturated rings. The molecule has 1 aromatic carbocycles. The molecule has 0 saturated carbocycles. The van der Waals surface area contributed by atoms with E-state index in [4.69, 9.17) is 0 Å². The summed E-state index contributed by atoms with van der Waals surface area (Å²) in [4.78, 5) is 32.1. The van der Waals surface area contributed by atoms with Crippen molar-refractivity contribution >= 4 is 28.3 Å². The Labute approximate surface area is 181 Å². The van der Waals surface area contributed by atoms with Gasteiger partial charge in [0, 0.05) is 49.7 Å². The number of carbonyl (C=O) groups excluding carboxylic acids is 1. The first-order valence-electron chi connectivity index (χ1n) is 10.7. The van der Waals surface area contributed by atoms with Crippen LogP contribution in [0, 0.1) is 17.0 Å². The molecule has 0 N–H and O–H groups in total. The van der Waals surface area contributed by atoms with Gasteiger partial charge in [-0.05, 0) is 31.0 Å². The maximum atomic E-state index is 13.5. The van der Waals surface area contributed by atoms with Gasteiger partial charge < -0.3 is 14.4 Å². The van der Waals surface area contributed by atoms with Crippen LogP contribution in [0.25, 0.3) is 10.9 Å². The van der Waals surface area contributed by atoms with E-state index in [-0.39, 0.29) is 11.6 Å². The maximum absolute atomic E-state index is 13.5. The van der Waals surface area contributed by atoms with E-state index < -0.39 is 4.92 Å². The lowest BCUT2D eigenvalue weighted by Gasteiger charge is -2.35. The van der Waals surface area contributed by atoms with Gasteiger partial charge in [-0.25, -0.2) is 4.98 Å². The fraction of sp³-hybridized carbons (Fsp3) is 0.391. The third-order valence-electron chi connectivity index (χ3n) is 6.00. The molecule has 0 unspecified atom stereocenters. The molecule has 31 heavy (non-hydrogen) atoms. The molecule has 0 bridgehead atoms. The Bertz CT molecular complexity index is 1100. The van der Waals surface area contributed by atoms with E-state index in [2.05, 4.69) is 33.5 Å². The number of rotatable bonds is 6. The topological polar surface area (TPSA) is 84.5 Å². The predicted octanol–water partition coefficient (Wildman–Crippen LogP) is 4.02. The van der Waals surface area contributed by atoms with Crippen LogP contribution in [0.1, 0.15) is 35.8 Å². The zero-order chi connectivity index (χ0) is 22.0. The van der Waals surface area contributed by atoms with Crippen molar-refractivity contribution in [1.29, 1.82) is 0 Å². The number of amides is 1. The van der Waals surface area contributed by atoms with Crippen LogP contribution < -0.4 is 4.90 Å². The number of pyridine rings is 1. The number of carbonyl (C=O) groups is 1. The number of aryl methyl sites for hydroxylation is 2. The molecule has 162 valence electrons. The van der Waals surface area contributed by atoms with Crippen LogP contribution in [0.3, 0.4) is 0 Å². The first kappa shape index (κ1) is 20.8. The molecular weight excluding hydrogens is 394 g/mol.